The SMILES string of the molecule is S=c1[nH]c2cccc(OCCN3CCN(c4cccc5[nH]c(C6CCCCC6)nc45)CC3)c2[nH]1. The molecule has 1 aliphatic carbocycles. The highest BCUT2D eigenvalue weighted by molar-refractivity contribution is 7.71. The molecule has 0 spiro atoms. The van der Waals surface area contributed by atoms with Crippen molar-refractivity contribution in [2.75, 3.05) is 44.2 Å². The molecule has 0 bridgehead atoms. The summed E-state index contributed by atoms with van der Waals surface area (Å²) in [6, 6.07) is 12.5. The van der Waals surface area contributed by atoms with Crippen LogP contribution in [0, 0.1) is 4.77 Å². The van der Waals surface area contributed by atoms with E-state index in [1.54, 1.807) is 0 Å². The average Bonchev–Trinajstić information content (AvgIpc) is 3.48. The number of aromatic amines is 3. The summed E-state index contributed by atoms with van der Waals surface area (Å²) < 4.78 is 6.72. The van der Waals surface area contributed by atoms with Crippen molar-refractivity contribution in [1.82, 2.24) is 24.8 Å². The zero-order valence-electron chi connectivity index (χ0n) is 19.5. The third-order valence-electron chi connectivity index (χ3n) is 7.39. The first kappa shape index (κ1) is 21.7. The summed E-state index contributed by atoms with van der Waals surface area (Å²) in [5.41, 5.74) is 5.50. The Labute approximate surface area is 204 Å². The Bertz CT molecular complexity index is 1330. The van der Waals surface area contributed by atoms with Crippen molar-refractivity contribution in [1.29, 1.82) is 0 Å². The molecule has 1 saturated carbocycles. The molecule has 2 aliphatic rings. The number of rotatable bonds is 6. The minimum absolute atomic E-state index is 0.596. The fraction of sp³-hybridized carbons (Fsp3) is 0.462. The van der Waals surface area contributed by atoms with Crippen LogP contribution in [0.1, 0.15) is 43.8 Å². The second kappa shape index (κ2) is 9.43. The number of aromatic nitrogens is 4. The first-order valence-electron chi connectivity index (χ1n) is 12.5. The van der Waals surface area contributed by atoms with Crippen LogP contribution in [-0.2, 0) is 0 Å². The molecule has 4 aromatic rings. The number of hydrogen-bond acceptors (Lipinski definition) is 5. The fourth-order valence-electron chi connectivity index (χ4n) is 5.51. The number of benzene rings is 2. The van der Waals surface area contributed by atoms with Crippen molar-refractivity contribution < 1.29 is 4.74 Å². The van der Waals surface area contributed by atoms with E-state index in [1.165, 1.54) is 49.1 Å². The van der Waals surface area contributed by atoms with Gasteiger partial charge in [0.05, 0.1) is 16.7 Å². The maximum Gasteiger partial charge on any atom is 0.175 e. The summed E-state index contributed by atoms with van der Waals surface area (Å²) in [5, 5.41) is 0. The summed E-state index contributed by atoms with van der Waals surface area (Å²) in [6.07, 6.45) is 6.55. The molecule has 1 saturated heterocycles. The Balaban J connectivity index is 1.07. The zero-order chi connectivity index (χ0) is 22.9. The standard InChI is InChI=1S/C26H32N6OS/c34-26-28-20-9-5-11-22(24(20)30-26)33-17-16-31-12-14-32(15-13-31)21-10-4-8-19-23(21)29-25(27-19)18-6-2-1-3-7-18/h4-5,8-11,18H,1-3,6-7,12-17H2,(H,27,29)(H2,28,30,34). The van der Waals surface area contributed by atoms with Crippen molar-refractivity contribution in [2.24, 2.45) is 0 Å². The molecule has 2 aromatic heterocycles. The molecule has 8 heteroatoms. The summed E-state index contributed by atoms with van der Waals surface area (Å²) >= 11 is 5.22. The summed E-state index contributed by atoms with van der Waals surface area (Å²) in [5.74, 6) is 2.64. The Morgan fingerprint density at radius 2 is 1.71 bits per heavy atom. The molecule has 3 N–H and O–H groups in total. The number of H-pyrrole nitrogens is 3. The Morgan fingerprint density at radius 1 is 0.912 bits per heavy atom. The van der Waals surface area contributed by atoms with E-state index in [4.69, 9.17) is 21.9 Å². The molecular weight excluding hydrogens is 444 g/mol. The van der Waals surface area contributed by atoms with Gasteiger partial charge in [0.1, 0.15) is 29.2 Å². The van der Waals surface area contributed by atoms with Crippen LogP contribution in [-0.4, -0.2) is 64.2 Å². The van der Waals surface area contributed by atoms with Gasteiger partial charge >= 0.3 is 0 Å². The van der Waals surface area contributed by atoms with Crippen molar-refractivity contribution in [3.8, 4) is 5.75 Å². The number of fused-ring (bicyclic) bond motifs is 2. The van der Waals surface area contributed by atoms with E-state index in [0.29, 0.717) is 17.3 Å². The zero-order valence-corrected chi connectivity index (χ0v) is 20.3. The van der Waals surface area contributed by atoms with Gasteiger partial charge in [-0.2, -0.15) is 0 Å². The predicted octanol–water partition coefficient (Wildman–Crippen LogP) is 5.35. The van der Waals surface area contributed by atoms with Crippen LogP contribution in [0.25, 0.3) is 22.1 Å². The van der Waals surface area contributed by atoms with E-state index >= 15 is 0 Å². The van der Waals surface area contributed by atoms with Gasteiger partial charge < -0.3 is 24.6 Å². The van der Waals surface area contributed by atoms with Crippen LogP contribution in [0.3, 0.4) is 0 Å². The first-order chi connectivity index (χ1) is 16.7. The number of nitrogens with zero attached hydrogens (tertiary/aromatic N) is 3. The minimum atomic E-state index is 0.596. The van der Waals surface area contributed by atoms with Crippen molar-refractivity contribution in [3.63, 3.8) is 0 Å². The lowest BCUT2D eigenvalue weighted by Crippen LogP contribution is -2.47. The lowest BCUT2D eigenvalue weighted by Gasteiger charge is -2.36. The Morgan fingerprint density at radius 3 is 2.56 bits per heavy atom. The van der Waals surface area contributed by atoms with Gasteiger partial charge in [0, 0.05) is 38.6 Å². The van der Waals surface area contributed by atoms with Crippen molar-refractivity contribution >= 4 is 40.0 Å². The number of ether oxygens (including phenoxy) is 1. The first-order valence-corrected chi connectivity index (χ1v) is 13.0. The van der Waals surface area contributed by atoms with Gasteiger partial charge in [-0.15, -0.1) is 0 Å². The van der Waals surface area contributed by atoms with Crippen LogP contribution < -0.4 is 9.64 Å². The van der Waals surface area contributed by atoms with E-state index in [1.807, 2.05) is 18.2 Å². The number of piperazine rings is 1. The molecule has 6 rings (SSSR count). The van der Waals surface area contributed by atoms with E-state index in [-0.39, 0.29) is 0 Å². The van der Waals surface area contributed by atoms with E-state index in [0.717, 1.165) is 55.0 Å². The van der Waals surface area contributed by atoms with Gasteiger partial charge in [0.15, 0.2) is 4.77 Å². The van der Waals surface area contributed by atoms with E-state index in [2.05, 4.69) is 43.0 Å². The van der Waals surface area contributed by atoms with Crippen LogP contribution in [0.15, 0.2) is 36.4 Å². The smallest absolute Gasteiger partial charge is 0.175 e. The maximum absolute atomic E-state index is 6.10. The highest BCUT2D eigenvalue weighted by Gasteiger charge is 2.23. The molecule has 0 atom stereocenters. The molecule has 34 heavy (non-hydrogen) atoms. The quantitative estimate of drug-likeness (QED) is 0.327. The number of anilines is 1. The van der Waals surface area contributed by atoms with Crippen molar-refractivity contribution in [3.05, 3.63) is 47.0 Å². The molecule has 178 valence electrons. The number of imidazole rings is 2. The lowest BCUT2D eigenvalue weighted by atomic mass is 9.89. The molecule has 0 radical (unpaired) electrons. The largest absolute Gasteiger partial charge is 0.490 e. The topological polar surface area (TPSA) is 76.0 Å². The summed E-state index contributed by atoms with van der Waals surface area (Å²) in [4.78, 5) is 20.0. The Kier molecular flexibility index (Phi) is 6.01. The molecule has 7 nitrogen and oxygen atoms in total. The monoisotopic (exact) mass is 476 g/mol. The molecule has 3 heterocycles. The minimum Gasteiger partial charge on any atom is -0.490 e. The summed E-state index contributed by atoms with van der Waals surface area (Å²) in [6.45, 7) is 5.63. The molecule has 2 fully saturated rings. The second-order valence-corrected chi connectivity index (χ2v) is 9.97. The molecule has 0 unspecified atom stereocenters. The molecular formula is C26H32N6OS. The van der Waals surface area contributed by atoms with Gasteiger partial charge in [0.25, 0.3) is 0 Å². The summed E-state index contributed by atoms with van der Waals surface area (Å²) in [7, 11) is 0. The highest BCUT2D eigenvalue weighted by atomic mass is 32.1. The molecule has 0 amide bonds. The maximum atomic E-state index is 6.10. The second-order valence-electron chi connectivity index (χ2n) is 9.57. The van der Waals surface area contributed by atoms with Crippen molar-refractivity contribution in [2.45, 2.75) is 38.0 Å². The van der Waals surface area contributed by atoms with Gasteiger partial charge in [-0.3, -0.25) is 4.90 Å². The average molecular weight is 477 g/mol. The Hall–Kier alpha value is -2.84. The number of hydrogen-bond donors (Lipinski definition) is 3. The normalized spacial score (nSPS) is 18.2. The van der Waals surface area contributed by atoms with Gasteiger partial charge in [-0.25, -0.2) is 4.98 Å². The van der Waals surface area contributed by atoms with Crippen LogP contribution in [0.4, 0.5) is 5.69 Å². The van der Waals surface area contributed by atoms with Gasteiger partial charge in [0.2, 0.25) is 0 Å². The van der Waals surface area contributed by atoms with Gasteiger partial charge in [-0.05, 0) is 49.3 Å². The van der Waals surface area contributed by atoms with E-state index < -0.39 is 0 Å². The number of nitrogens with one attached hydrogen (secondary N) is 3. The molecule has 1 aliphatic heterocycles. The van der Waals surface area contributed by atoms with Crippen LogP contribution in [0.5, 0.6) is 5.75 Å². The predicted molar refractivity (Wildman–Crippen MR) is 140 cm³/mol. The number of para-hydroxylation sites is 2. The third-order valence-corrected chi connectivity index (χ3v) is 7.60. The van der Waals surface area contributed by atoms with Gasteiger partial charge in [-0.1, -0.05) is 31.4 Å². The van der Waals surface area contributed by atoms with Crippen LogP contribution in [0.2, 0.25) is 0 Å². The van der Waals surface area contributed by atoms with Crippen LogP contribution >= 0.6 is 12.2 Å². The molecule has 2 aromatic carbocycles. The lowest BCUT2D eigenvalue weighted by molar-refractivity contribution is 0.201. The van der Waals surface area contributed by atoms with E-state index in [9.17, 15) is 0 Å². The third kappa shape index (κ3) is 4.32. The fourth-order valence-corrected chi connectivity index (χ4v) is 5.72. The highest BCUT2D eigenvalue weighted by Crippen LogP contribution is 2.34.